The molecule has 1 aromatic heterocycles. The molecule has 0 bridgehead atoms. The van der Waals surface area contributed by atoms with Crippen LogP contribution in [-0.2, 0) is 0 Å². The maximum Gasteiger partial charge on any atom is 0.343 e. The summed E-state index contributed by atoms with van der Waals surface area (Å²) in [6, 6.07) is 42.2. The van der Waals surface area contributed by atoms with Crippen LogP contribution >= 0.6 is 0 Å². The zero-order chi connectivity index (χ0) is 56.3. The van der Waals surface area contributed by atoms with Crippen molar-refractivity contribution in [1.29, 1.82) is 10.5 Å². The summed E-state index contributed by atoms with van der Waals surface area (Å²) in [5.41, 5.74) is 2.29. The second-order valence-electron chi connectivity index (χ2n) is 19.2. The van der Waals surface area contributed by atoms with Crippen LogP contribution in [0.3, 0.4) is 0 Å². The van der Waals surface area contributed by atoms with Gasteiger partial charge in [0.2, 0.25) is 0 Å². The first kappa shape index (κ1) is 58.5. The quantitative estimate of drug-likeness (QED) is 0.0234. The molecule has 14 nitrogen and oxygen atoms in total. The smallest absolute Gasteiger partial charge is 0.343 e. The van der Waals surface area contributed by atoms with Gasteiger partial charge in [-0.3, -0.25) is 0 Å². The fourth-order valence-corrected chi connectivity index (χ4v) is 8.56. The highest BCUT2D eigenvalue weighted by atomic mass is 16.5. The van der Waals surface area contributed by atoms with Crippen LogP contribution in [0.4, 0.5) is 0 Å². The van der Waals surface area contributed by atoms with E-state index in [0.717, 1.165) is 25.7 Å². The number of nitrogens with zero attached hydrogens (tertiary/aromatic N) is 4. The minimum atomic E-state index is -0.657. The molecule has 0 aliphatic rings. The number of ether oxygens (including phenoxy) is 6. The third kappa shape index (κ3) is 18.0. The molecule has 0 fully saturated rings. The SMILES string of the molecule is CCCCCCCCCCOc1ccc(C(=O)Oc2ccc(C(=O)Oc3ccc(-c4nc(C#N)c(C#N)nc4-c4ccc(OC(=O)c5ccc(OC(=O)c6ccc(OCCCCCCCCCC)cc6)cc5)cc4)cc3)cc2)cc1. The second kappa shape index (κ2) is 31.3. The maximum absolute atomic E-state index is 13.2. The maximum atomic E-state index is 13.2. The van der Waals surface area contributed by atoms with Crippen LogP contribution in [-0.4, -0.2) is 47.1 Å². The summed E-state index contributed by atoms with van der Waals surface area (Å²) < 4.78 is 34.1. The van der Waals surface area contributed by atoms with Crippen LogP contribution in [0.5, 0.6) is 34.5 Å². The first-order valence-electron chi connectivity index (χ1n) is 27.6. The van der Waals surface area contributed by atoms with E-state index in [4.69, 9.17) is 28.4 Å². The van der Waals surface area contributed by atoms with Crippen molar-refractivity contribution in [2.75, 3.05) is 13.2 Å². The predicted molar refractivity (Wildman–Crippen MR) is 304 cm³/mol. The molecular weight excluding hydrogens is 1010 g/mol. The standard InChI is InChI=1S/C66H66N4O10/c1-3-5-7-9-11-13-15-17-43-75-53-31-23-49(24-32-53)63(71)79-57-39-27-51(28-40-57)65(73)77-55-35-19-47(20-36-55)61-62(70-60(46-68)59(45-67)69-61)48-21-37-56(38-22-48)78-66(74)52-29-41-58(42-30-52)80-64(72)50-25-33-54(34-26-50)76-44-18-16-14-12-10-8-6-4-2/h19-42H,3-18,43-44H2,1-2H3. The van der Waals surface area contributed by atoms with Crippen LogP contribution in [0, 0.1) is 22.7 Å². The van der Waals surface area contributed by atoms with Crippen LogP contribution in [0.15, 0.2) is 146 Å². The van der Waals surface area contributed by atoms with Crippen molar-refractivity contribution in [3.05, 3.63) is 179 Å². The van der Waals surface area contributed by atoms with Gasteiger partial charge >= 0.3 is 23.9 Å². The minimum Gasteiger partial charge on any atom is -0.494 e. The number of benzene rings is 6. The molecule has 7 rings (SSSR count). The van der Waals surface area contributed by atoms with E-state index in [1.165, 1.54) is 126 Å². The van der Waals surface area contributed by atoms with Crippen LogP contribution in [0.25, 0.3) is 22.5 Å². The molecule has 0 N–H and O–H groups in total. The fourth-order valence-electron chi connectivity index (χ4n) is 8.56. The van der Waals surface area contributed by atoms with Gasteiger partial charge in [-0.05, 0) is 158 Å². The van der Waals surface area contributed by atoms with Gasteiger partial charge < -0.3 is 28.4 Å². The third-order valence-electron chi connectivity index (χ3n) is 13.1. The number of nitriles is 2. The highest BCUT2D eigenvalue weighted by Gasteiger charge is 2.20. The van der Waals surface area contributed by atoms with Crippen LogP contribution in [0.2, 0.25) is 0 Å². The Kier molecular flexibility index (Phi) is 22.9. The molecule has 0 saturated heterocycles. The van der Waals surface area contributed by atoms with Gasteiger partial charge in [0.05, 0.1) is 46.9 Å². The average molecular weight is 1080 g/mol. The Morgan fingerprint density at radius 2 is 0.575 bits per heavy atom. The molecule has 0 amide bonds. The summed E-state index contributed by atoms with van der Waals surface area (Å²) >= 11 is 0. The number of carbonyl (C=O) groups is 4. The number of aromatic nitrogens is 2. The summed E-state index contributed by atoms with van der Waals surface area (Å²) in [7, 11) is 0. The van der Waals surface area contributed by atoms with Crippen molar-refractivity contribution in [3.8, 4) is 69.2 Å². The Labute approximate surface area is 468 Å². The molecule has 0 unspecified atom stereocenters. The van der Waals surface area contributed by atoms with Crippen molar-refractivity contribution in [2.24, 2.45) is 0 Å². The topological polar surface area (TPSA) is 197 Å². The molecule has 0 aliphatic carbocycles. The number of hydrogen-bond donors (Lipinski definition) is 0. The lowest BCUT2D eigenvalue weighted by atomic mass is 10.0. The minimum absolute atomic E-state index is 0.183. The third-order valence-corrected chi connectivity index (χ3v) is 13.1. The van der Waals surface area contributed by atoms with Gasteiger partial charge in [0.15, 0.2) is 11.4 Å². The van der Waals surface area contributed by atoms with Crippen molar-refractivity contribution in [1.82, 2.24) is 9.97 Å². The van der Waals surface area contributed by atoms with E-state index in [-0.39, 0.29) is 56.9 Å². The molecule has 0 aliphatic heterocycles. The van der Waals surface area contributed by atoms with Crippen LogP contribution in [0.1, 0.15) is 169 Å². The molecule has 80 heavy (non-hydrogen) atoms. The van der Waals surface area contributed by atoms with Crippen molar-refractivity contribution < 1.29 is 47.6 Å². The molecule has 0 spiro atoms. The zero-order valence-electron chi connectivity index (χ0n) is 45.5. The highest BCUT2D eigenvalue weighted by molar-refractivity contribution is 5.94. The molecule has 7 aromatic rings. The molecule has 0 radical (unpaired) electrons. The van der Waals surface area contributed by atoms with E-state index in [1.807, 2.05) is 12.1 Å². The summed E-state index contributed by atoms with van der Waals surface area (Å²) in [5.74, 6) is -0.147. The van der Waals surface area contributed by atoms with E-state index < -0.39 is 23.9 Å². The lowest BCUT2D eigenvalue weighted by Gasteiger charge is -2.12. The van der Waals surface area contributed by atoms with Gasteiger partial charge in [-0.2, -0.15) is 10.5 Å². The predicted octanol–water partition coefficient (Wildman–Crippen LogP) is 15.5. The van der Waals surface area contributed by atoms with Gasteiger partial charge in [-0.1, -0.05) is 104 Å². The Bertz CT molecular complexity index is 2980. The largest absolute Gasteiger partial charge is 0.494 e. The average Bonchev–Trinajstić information content (AvgIpc) is 3.54. The Morgan fingerprint density at radius 1 is 0.338 bits per heavy atom. The molecule has 0 saturated carbocycles. The van der Waals surface area contributed by atoms with Gasteiger partial charge in [0, 0.05) is 11.1 Å². The lowest BCUT2D eigenvalue weighted by molar-refractivity contribution is 0.0720. The normalized spacial score (nSPS) is 10.7. The molecule has 410 valence electrons. The van der Waals surface area contributed by atoms with Gasteiger partial charge in [0.1, 0.15) is 46.6 Å². The number of esters is 4. The van der Waals surface area contributed by atoms with E-state index in [9.17, 15) is 29.7 Å². The molecular formula is C66H66N4O10. The second-order valence-corrected chi connectivity index (χ2v) is 19.2. The van der Waals surface area contributed by atoms with E-state index in [1.54, 1.807) is 97.1 Å². The van der Waals surface area contributed by atoms with E-state index in [0.29, 0.717) is 47.0 Å². The Hall–Kier alpha value is -9.14. The number of hydrogen-bond acceptors (Lipinski definition) is 14. The molecule has 0 atom stereocenters. The fraction of sp³-hybridized carbons (Fsp3) is 0.303. The van der Waals surface area contributed by atoms with Gasteiger partial charge in [-0.25, -0.2) is 29.1 Å². The highest BCUT2D eigenvalue weighted by Crippen LogP contribution is 2.33. The van der Waals surface area contributed by atoms with Crippen molar-refractivity contribution >= 4 is 23.9 Å². The van der Waals surface area contributed by atoms with Gasteiger partial charge in [-0.15, -0.1) is 0 Å². The van der Waals surface area contributed by atoms with Crippen molar-refractivity contribution in [2.45, 2.75) is 117 Å². The zero-order valence-corrected chi connectivity index (χ0v) is 45.5. The summed E-state index contributed by atoms with van der Waals surface area (Å²) in [6.45, 7) is 5.68. The summed E-state index contributed by atoms with van der Waals surface area (Å²) in [5, 5.41) is 19.7. The van der Waals surface area contributed by atoms with Crippen LogP contribution < -0.4 is 28.4 Å². The van der Waals surface area contributed by atoms with E-state index in [2.05, 4.69) is 23.8 Å². The molecule has 1 heterocycles. The van der Waals surface area contributed by atoms with E-state index >= 15 is 0 Å². The molecule has 14 heteroatoms. The first-order chi connectivity index (χ1) is 39.1. The monoisotopic (exact) mass is 1070 g/mol. The molecule has 6 aromatic carbocycles. The van der Waals surface area contributed by atoms with Gasteiger partial charge in [0.25, 0.3) is 0 Å². The first-order valence-corrected chi connectivity index (χ1v) is 27.6. The van der Waals surface area contributed by atoms with Crippen molar-refractivity contribution in [3.63, 3.8) is 0 Å². The lowest BCUT2D eigenvalue weighted by Crippen LogP contribution is -2.10. The number of rotatable bonds is 30. The summed E-state index contributed by atoms with van der Waals surface area (Å²) in [6.07, 6.45) is 19.5. The Balaban J connectivity index is 0.885. The summed E-state index contributed by atoms with van der Waals surface area (Å²) in [4.78, 5) is 61.1. The Morgan fingerprint density at radius 3 is 0.838 bits per heavy atom. The number of carbonyl (C=O) groups excluding carboxylic acids is 4. The number of unbranched alkanes of at least 4 members (excludes halogenated alkanes) is 14.